The van der Waals surface area contributed by atoms with E-state index in [1.807, 2.05) is 6.07 Å². The number of hydrogen-bond donors (Lipinski definition) is 1. The first-order chi connectivity index (χ1) is 16.7. The Hall–Kier alpha value is -2.83. The van der Waals surface area contributed by atoms with Crippen LogP contribution in [0.4, 0.5) is 4.79 Å². The second kappa shape index (κ2) is 12.0. The number of hydrogen-bond acceptors (Lipinski definition) is 4. The van der Waals surface area contributed by atoms with E-state index in [1.54, 1.807) is 0 Å². The maximum Gasteiger partial charge on any atom is 0.407 e. The normalized spacial score (nSPS) is 16.0. The third-order valence-electron chi connectivity index (χ3n) is 7.01. The molecule has 1 saturated heterocycles. The number of amides is 1. The van der Waals surface area contributed by atoms with Gasteiger partial charge < -0.3 is 14.2 Å². The number of carboxylic acid groups (broad SMARTS) is 1. The summed E-state index contributed by atoms with van der Waals surface area (Å²) < 4.78 is 7.83. The van der Waals surface area contributed by atoms with Crippen molar-refractivity contribution in [2.75, 3.05) is 6.54 Å². The number of fused-ring (bicyclic) bond motifs is 1. The molecule has 7 heteroatoms. The zero-order chi connectivity index (χ0) is 23.8. The van der Waals surface area contributed by atoms with Gasteiger partial charge in [-0.2, -0.15) is 4.98 Å². The summed E-state index contributed by atoms with van der Waals surface area (Å²) in [6.45, 7) is 3.74. The van der Waals surface area contributed by atoms with Crippen LogP contribution in [0.15, 0.2) is 35.0 Å². The summed E-state index contributed by atoms with van der Waals surface area (Å²) in [7, 11) is 0. The average molecular weight is 467 g/mol. The van der Waals surface area contributed by atoms with Gasteiger partial charge in [-0.15, -0.1) is 0 Å². The van der Waals surface area contributed by atoms with E-state index in [9.17, 15) is 9.90 Å². The number of unbranched alkanes of at least 4 members (excludes halogenated alkanes) is 9. The molecule has 0 aliphatic carbocycles. The number of para-hydroxylation sites is 1. The van der Waals surface area contributed by atoms with E-state index in [0.29, 0.717) is 24.7 Å². The second-order valence-electron chi connectivity index (χ2n) is 9.53. The molecular weight excluding hydrogens is 428 g/mol. The fraction of sp³-hybridized carbons (Fsp3) is 0.593. The van der Waals surface area contributed by atoms with Crippen LogP contribution in [-0.4, -0.2) is 37.4 Å². The number of aromatic nitrogens is 3. The molecule has 4 rings (SSSR count). The van der Waals surface area contributed by atoms with Crippen LogP contribution >= 0.6 is 0 Å². The molecule has 0 radical (unpaired) electrons. The van der Waals surface area contributed by atoms with Crippen LogP contribution in [0.3, 0.4) is 0 Å². The van der Waals surface area contributed by atoms with Crippen molar-refractivity contribution in [1.82, 2.24) is 19.6 Å². The molecule has 1 aromatic carbocycles. The lowest BCUT2D eigenvalue weighted by Gasteiger charge is -2.17. The fourth-order valence-corrected chi connectivity index (χ4v) is 5.11. The van der Waals surface area contributed by atoms with Gasteiger partial charge in [-0.05, 0) is 25.3 Å². The van der Waals surface area contributed by atoms with Crippen molar-refractivity contribution in [2.45, 2.75) is 96.6 Å². The molecular formula is C27H38N4O3. The molecule has 1 fully saturated rings. The average Bonchev–Trinajstić information content (AvgIpc) is 3.58. The van der Waals surface area contributed by atoms with E-state index >= 15 is 0 Å². The van der Waals surface area contributed by atoms with Gasteiger partial charge in [0, 0.05) is 35.8 Å². The number of nitrogens with zero attached hydrogens (tertiary/aromatic N) is 4. The van der Waals surface area contributed by atoms with Crippen molar-refractivity contribution in [3.63, 3.8) is 0 Å². The first-order valence-corrected chi connectivity index (χ1v) is 13.1. The maximum absolute atomic E-state index is 11.5. The lowest BCUT2D eigenvalue weighted by molar-refractivity contribution is 0.131. The van der Waals surface area contributed by atoms with Crippen LogP contribution in [0.25, 0.3) is 22.3 Å². The lowest BCUT2D eigenvalue weighted by atomic mass is 10.1. The predicted octanol–water partition coefficient (Wildman–Crippen LogP) is 7.43. The van der Waals surface area contributed by atoms with Crippen LogP contribution in [-0.2, 0) is 6.54 Å². The third kappa shape index (κ3) is 5.80. The Morgan fingerprint density at radius 3 is 2.50 bits per heavy atom. The first-order valence-electron chi connectivity index (χ1n) is 13.1. The molecule has 34 heavy (non-hydrogen) atoms. The Kier molecular flexibility index (Phi) is 8.61. The van der Waals surface area contributed by atoms with Crippen molar-refractivity contribution in [2.24, 2.45) is 0 Å². The van der Waals surface area contributed by atoms with Gasteiger partial charge >= 0.3 is 6.09 Å². The highest BCUT2D eigenvalue weighted by Crippen LogP contribution is 2.34. The molecule has 0 bridgehead atoms. The van der Waals surface area contributed by atoms with E-state index in [4.69, 9.17) is 4.52 Å². The van der Waals surface area contributed by atoms with Crippen molar-refractivity contribution in [3.8, 4) is 11.4 Å². The zero-order valence-electron chi connectivity index (χ0n) is 20.4. The summed E-state index contributed by atoms with van der Waals surface area (Å²) in [5, 5.41) is 14.8. The fourth-order valence-electron chi connectivity index (χ4n) is 5.11. The van der Waals surface area contributed by atoms with Gasteiger partial charge in [0.25, 0.3) is 0 Å². The van der Waals surface area contributed by atoms with E-state index in [2.05, 4.69) is 46.0 Å². The molecule has 3 aromatic rings. The predicted molar refractivity (Wildman–Crippen MR) is 134 cm³/mol. The van der Waals surface area contributed by atoms with Crippen LogP contribution in [0.2, 0.25) is 0 Å². The quantitative estimate of drug-likeness (QED) is 0.265. The second-order valence-corrected chi connectivity index (χ2v) is 9.53. The van der Waals surface area contributed by atoms with Gasteiger partial charge in [-0.1, -0.05) is 88.1 Å². The molecule has 1 atom stereocenters. The Bertz CT molecular complexity index is 1060. The Morgan fingerprint density at radius 2 is 1.76 bits per heavy atom. The molecule has 2 aromatic heterocycles. The molecule has 0 spiro atoms. The van der Waals surface area contributed by atoms with Crippen molar-refractivity contribution in [3.05, 3.63) is 36.4 Å². The van der Waals surface area contributed by atoms with Crippen LogP contribution in [0, 0.1) is 0 Å². The molecule has 184 valence electrons. The summed E-state index contributed by atoms with van der Waals surface area (Å²) >= 11 is 0. The Morgan fingerprint density at radius 1 is 1.06 bits per heavy atom. The van der Waals surface area contributed by atoms with E-state index < -0.39 is 6.09 Å². The van der Waals surface area contributed by atoms with E-state index in [0.717, 1.165) is 30.3 Å². The molecule has 1 aliphatic heterocycles. The summed E-state index contributed by atoms with van der Waals surface area (Å²) in [5.74, 6) is 0.923. The molecule has 3 heterocycles. The van der Waals surface area contributed by atoms with Crippen molar-refractivity contribution >= 4 is 17.0 Å². The zero-order valence-corrected chi connectivity index (χ0v) is 20.4. The Labute approximate surface area is 202 Å². The highest BCUT2D eigenvalue weighted by molar-refractivity contribution is 5.94. The van der Waals surface area contributed by atoms with E-state index in [1.165, 1.54) is 68.2 Å². The third-order valence-corrected chi connectivity index (χ3v) is 7.01. The highest BCUT2D eigenvalue weighted by Gasteiger charge is 2.34. The minimum absolute atomic E-state index is 0.348. The van der Waals surface area contributed by atoms with Gasteiger partial charge in [-0.25, -0.2) is 4.79 Å². The highest BCUT2D eigenvalue weighted by atomic mass is 16.5. The minimum Gasteiger partial charge on any atom is -0.465 e. The topological polar surface area (TPSA) is 84.4 Å². The molecule has 1 aliphatic rings. The van der Waals surface area contributed by atoms with Crippen LogP contribution in [0.5, 0.6) is 0 Å². The summed E-state index contributed by atoms with van der Waals surface area (Å²) in [4.78, 5) is 17.5. The number of aryl methyl sites for hydroxylation is 1. The minimum atomic E-state index is -0.935. The number of rotatable bonds is 13. The number of benzene rings is 1. The van der Waals surface area contributed by atoms with Crippen LogP contribution in [0.1, 0.15) is 95.9 Å². The number of carbonyl (C=O) groups is 1. The van der Waals surface area contributed by atoms with Crippen LogP contribution < -0.4 is 0 Å². The number of likely N-dealkylation sites (tertiary alicyclic amines) is 1. The monoisotopic (exact) mass is 466 g/mol. The van der Waals surface area contributed by atoms with Crippen molar-refractivity contribution < 1.29 is 14.4 Å². The summed E-state index contributed by atoms with van der Waals surface area (Å²) in [6.07, 6.45) is 16.0. The van der Waals surface area contributed by atoms with Gasteiger partial charge in [0.15, 0.2) is 0 Å². The Balaban J connectivity index is 1.35. The van der Waals surface area contributed by atoms with Gasteiger partial charge in [0.05, 0.1) is 0 Å². The van der Waals surface area contributed by atoms with Gasteiger partial charge in [-0.3, -0.25) is 4.90 Å². The molecule has 1 amide bonds. The largest absolute Gasteiger partial charge is 0.465 e. The molecule has 1 N–H and O–H groups in total. The lowest BCUT2D eigenvalue weighted by Crippen LogP contribution is -2.28. The first kappa shape index (κ1) is 24.3. The summed E-state index contributed by atoms with van der Waals surface area (Å²) in [6, 6.07) is 7.97. The SMILES string of the molecule is CCCCCCCCCCCCn1cc(-c2noc([C@@H]3CCCN3C(=O)O)n2)c2ccccc21. The molecule has 0 unspecified atom stereocenters. The maximum atomic E-state index is 11.5. The molecule has 0 saturated carbocycles. The molecule has 7 nitrogen and oxygen atoms in total. The van der Waals surface area contributed by atoms with Gasteiger partial charge in [0.1, 0.15) is 6.04 Å². The standard InChI is InChI=1S/C27H38N4O3/c1-2-3-4-5-6-7-8-9-10-13-18-30-20-22(21-15-11-12-16-23(21)30)25-28-26(34-29-25)24-17-14-19-31(24)27(32)33/h11-12,15-16,20,24H,2-10,13-14,17-19H2,1H3,(H,32,33)/t24-/m0/s1. The van der Waals surface area contributed by atoms with Gasteiger partial charge in [0.2, 0.25) is 11.7 Å². The van der Waals surface area contributed by atoms with Crippen molar-refractivity contribution in [1.29, 1.82) is 0 Å². The van der Waals surface area contributed by atoms with E-state index in [-0.39, 0.29) is 6.04 Å². The summed E-state index contributed by atoms with van der Waals surface area (Å²) in [5.41, 5.74) is 2.12. The smallest absolute Gasteiger partial charge is 0.407 e.